The van der Waals surface area contributed by atoms with E-state index in [-0.39, 0.29) is 18.2 Å². The number of aromatic nitrogens is 2. The summed E-state index contributed by atoms with van der Waals surface area (Å²) < 4.78 is 1.89. The van der Waals surface area contributed by atoms with Gasteiger partial charge < -0.3 is 25.2 Å². The molecule has 170 valence electrons. The number of aryl methyl sites for hydroxylation is 1. The first-order chi connectivity index (χ1) is 15.8. The second-order valence-corrected chi connectivity index (χ2v) is 8.07. The van der Waals surface area contributed by atoms with E-state index in [1.807, 2.05) is 41.8 Å². The lowest BCUT2D eigenvalue weighted by atomic mass is 9.85. The molecular weight excluding hydrogens is 418 g/mol. The third-order valence-electron chi connectivity index (χ3n) is 5.68. The van der Waals surface area contributed by atoms with Crippen molar-refractivity contribution in [2.24, 2.45) is 0 Å². The molecule has 1 aromatic heterocycles. The largest absolute Gasteiger partial charge is 0.508 e. The summed E-state index contributed by atoms with van der Waals surface area (Å²) in [7, 11) is 0. The fourth-order valence-electron chi connectivity index (χ4n) is 4.01. The number of aromatic hydroxyl groups is 1. The maximum atomic E-state index is 12.5. The number of nitrogens with zero attached hydrogens (tertiary/aromatic N) is 2. The summed E-state index contributed by atoms with van der Waals surface area (Å²) in [5.74, 6) is 0.226. The van der Waals surface area contributed by atoms with Crippen molar-refractivity contribution in [3.8, 4) is 5.75 Å². The summed E-state index contributed by atoms with van der Waals surface area (Å²) in [6, 6.07) is 20.9. The van der Waals surface area contributed by atoms with Crippen LogP contribution in [-0.4, -0.2) is 43.4 Å². The van der Waals surface area contributed by atoms with E-state index >= 15 is 0 Å². The van der Waals surface area contributed by atoms with Gasteiger partial charge in [-0.1, -0.05) is 42.5 Å². The molecule has 2 atom stereocenters. The van der Waals surface area contributed by atoms with E-state index in [9.17, 15) is 20.1 Å². The van der Waals surface area contributed by atoms with Crippen LogP contribution in [0.25, 0.3) is 11.0 Å². The van der Waals surface area contributed by atoms with Crippen molar-refractivity contribution in [1.29, 1.82) is 0 Å². The van der Waals surface area contributed by atoms with Gasteiger partial charge in [-0.3, -0.25) is 4.79 Å². The van der Waals surface area contributed by atoms with Crippen LogP contribution in [0.2, 0.25) is 0 Å². The first-order valence-electron chi connectivity index (χ1n) is 10.9. The van der Waals surface area contributed by atoms with Crippen molar-refractivity contribution >= 4 is 16.9 Å². The quantitative estimate of drug-likeness (QED) is 0.350. The molecule has 0 bridgehead atoms. The van der Waals surface area contributed by atoms with Gasteiger partial charge in [-0.2, -0.15) is 0 Å². The Bertz CT molecular complexity index is 1270. The number of fused-ring (bicyclic) bond motifs is 1. The first-order valence-corrected chi connectivity index (χ1v) is 10.9. The minimum atomic E-state index is -1.58. The number of phenolic OH excluding ortho intramolecular Hbond substituents is 1. The number of phenols is 1. The van der Waals surface area contributed by atoms with Crippen LogP contribution < -0.4 is 5.32 Å². The SMILES string of the molecule is CCn1c(C(O)(c2ccccc2)c2ccc(O)cc2)nc2ccc(C(=O)NC[C@@H](C)O)cc21. The van der Waals surface area contributed by atoms with Crippen LogP contribution in [-0.2, 0) is 12.1 Å². The maximum Gasteiger partial charge on any atom is 0.251 e. The molecule has 7 heteroatoms. The molecule has 1 heterocycles. The molecule has 1 unspecified atom stereocenters. The van der Waals surface area contributed by atoms with Gasteiger partial charge in [0.1, 0.15) is 5.75 Å². The Labute approximate surface area is 192 Å². The van der Waals surface area contributed by atoms with E-state index in [0.29, 0.717) is 40.1 Å². The Morgan fingerprint density at radius 3 is 2.36 bits per heavy atom. The highest BCUT2D eigenvalue weighted by molar-refractivity contribution is 5.97. The van der Waals surface area contributed by atoms with Gasteiger partial charge in [0, 0.05) is 18.7 Å². The highest BCUT2D eigenvalue weighted by Gasteiger charge is 2.39. The third kappa shape index (κ3) is 4.20. The van der Waals surface area contributed by atoms with Gasteiger partial charge in [-0.25, -0.2) is 4.98 Å². The van der Waals surface area contributed by atoms with E-state index in [1.54, 1.807) is 37.3 Å². The van der Waals surface area contributed by atoms with E-state index < -0.39 is 11.7 Å². The van der Waals surface area contributed by atoms with E-state index in [1.165, 1.54) is 12.1 Å². The van der Waals surface area contributed by atoms with Gasteiger partial charge in [0.05, 0.1) is 17.1 Å². The number of carbonyl (C=O) groups excluding carboxylic acids is 1. The van der Waals surface area contributed by atoms with Crippen LogP contribution in [0.3, 0.4) is 0 Å². The highest BCUT2D eigenvalue weighted by Crippen LogP contribution is 2.38. The summed E-state index contributed by atoms with van der Waals surface area (Å²) in [6.07, 6.45) is -0.642. The Morgan fingerprint density at radius 2 is 1.73 bits per heavy atom. The number of imidazole rings is 1. The number of aliphatic hydroxyl groups is 2. The minimum absolute atomic E-state index is 0.103. The Balaban J connectivity index is 1.90. The molecule has 4 aromatic rings. The minimum Gasteiger partial charge on any atom is -0.508 e. The summed E-state index contributed by atoms with van der Waals surface area (Å²) in [5.41, 5.74) is 1.41. The summed E-state index contributed by atoms with van der Waals surface area (Å²) in [5, 5.41) is 34.1. The molecule has 0 saturated heterocycles. The molecule has 0 saturated carbocycles. The predicted octanol–water partition coefficient (Wildman–Crippen LogP) is 3.16. The third-order valence-corrected chi connectivity index (χ3v) is 5.68. The number of nitrogens with one attached hydrogen (secondary N) is 1. The van der Waals surface area contributed by atoms with Gasteiger partial charge in [-0.15, -0.1) is 0 Å². The fraction of sp³-hybridized carbons (Fsp3) is 0.231. The molecule has 0 aliphatic heterocycles. The molecule has 4 N–H and O–H groups in total. The molecule has 0 aliphatic carbocycles. The monoisotopic (exact) mass is 445 g/mol. The van der Waals surface area contributed by atoms with Crippen LogP contribution in [0, 0.1) is 0 Å². The second kappa shape index (κ2) is 9.05. The van der Waals surface area contributed by atoms with Crippen molar-refractivity contribution < 1.29 is 20.1 Å². The van der Waals surface area contributed by atoms with Crippen LogP contribution >= 0.6 is 0 Å². The molecule has 0 aliphatic rings. The van der Waals surface area contributed by atoms with Gasteiger partial charge in [-0.05, 0) is 55.3 Å². The Hall–Kier alpha value is -3.68. The number of benzene rings is 3. The van der Waals surface area contributed by atoms with Crippen LogP contribution in [0.15, 0.2) is 72.8 Å². The lowest BCUT2D eigenvalue weighted by Crippen LogP contribution is -2.32. The topological polar surface area (TPSA) is 108 Å². The van der Waals surface area contributed by atoms with Crippen LogP contribution in [0.4, 0.5) is 0 Å². The zero-order valence-electron chi connectivity index (χ0n) is 18.6. The molecule has 4 rings (SSSR count). The number of carbonyl (C=O) groups is 1. The molecule has 1 amide bonds. The van der Waals surface area contributed by atoms with Crippen molar-refractivity contribution in [3.63, 3.8) is 0 Å². The van der Waals surface area contributed by atoms with Crippen LogP contribution in [0.1, 0.15) is 41.2 Å². The molecule has 0 radical (unpaired) electrons. The van der Waals surface area contributed by atoms with Gasteiger partial charge in [0.2, 0.25) is 0 Å². The predicted molar refractivity (Wildman–Crippen MR) is 126 cm³/mol. The van der Waals surface area contributed by atoms with Crippen LogP contribution in [0.5, 0.6) is 5.75 Å². The maximum absolute atomic E-state index is 12.5. The number of hydrogen-bond acceptors (Lipinski definition) is 5. The van der Waals surface area contributed by atoms with Gasteiger partial charge >= 0.3 is 0 Å². The Morgan fingerprint density at radius 1 is 1.06 bits per heavy atom. The molecule has 7 nitrogen and oxygen atoms in total. The number of rotatable bonds is 7. The van der Waals surface area contributed by atoms with Crippen molar-refractivity contribution in [3.05, 3.63) is 95.3 Å². The van der Waals surface area contributed by atoms with Crippen molar-refractivity contribution in [2.75, 3.05) is 6.54 Å². The zero-order chi connectivity index (χ0) is 23.6. The summed E-state index contributed by atoms with van der Waals surface area (Å²) in [6.45, 7) is 4.23. The number of aliphatic hydroxyl groups excluding tert-OH is 1. The zero-order valence-corrected chi connectivity index (χ0v) is 18.6. The van der Waals surface area contributed by atoms with E-state index in [4.69, 9.17) is 4.98 Å². The van der Waals surface area contributed by atoms with E-state index in [2.05, 4.69) is 5.32 Å². The molecular formula is C26H27N3O4. The molecule has 0 spiro atoms. The van der Waals surface area contributed by atoms with Crippen molar-refractivity contribution in [2.45, 2.75) is 32.1 Å². The lowest BCUT2D eigenvalue weighted by molar-refractivity contribution is 0.0924. The summed E-state index contributed by atoms with van der Waals surface area (Å²) in [4.78, 5) is 17.3. The second-order valence-electron chi connectivity index (χ2n) is 8.07. The molecule has 3 aromatic carbocycles. The average Bonchev–Trinajstić information content (AvgIpc) is 3.21. The van der Waals surface area contributed by atoms with Gasteiger partial charge in [0.15, 0.2) is 11.4 Å². The highest BCUT2D eigenvalue weighted by atomic mass is 16.3. The van der Waals surface area contributed by atoms with Gasteiger partial charge in [0.25, 0.3) is 5.91 Å². The molecule has 0 fully saturated rings. The number of hydrogen-bond donors (Lipinski definition) is 4. The average molecular weight is 446 g/mol. The molecule has 33 heavy (non-hydrogen) atoms. The smallest absolute Gasteiger partial charge is 0.251 e. The lowest BCUT2D eigenvalue weighted by Gasteiger charge is -2.29. The summed E-state index contributed by atoms with van der Waals surface area (Å²) >= 11 is 0. The Kier molecular flexibility index (Phi) is 6.18. The van der Waals surface area contributed by atoms with Crippen molar-refractivity contribution in [1.82, 2.24) is 14.9 Å². The fourth-order valence-corrected chi connectivity index (χ4v) is 4.01. The number of amides is 1. The normalized spacial score (nSPS) is 14.1. The standard InChI is InChI=1S/C26H27N3O4/c1-3-29-23-15-18(24(32)27-16-17(2)30)9-14-22(23)28-25(29)26(33,19-7-5-4-6-8-19)20-10-12-21(31)13-11-20/h4-15,17,30-31,33H,3,16H2,1-2H3,(H,27,32)/t17-,26?/m1/s1. The first kappa shape index (κ1) is 22.5. The van der Waals surface area contributed by atoms with E-state index in [0.717, 1.165) is 0 Å².